The van der Waals surface area contributed by atoms with Crippen LogP contribution in [0.5, 0.6) is 0 Å². The Morgan fingerprint density at radius 1 is 1.50 bits per heavy atom. The van der Waals surface area contributed by atoms with Crippen molar-refractivity contribution in [3.05, 3.63) is 0 Å². The van der Waals surface area contributed by atoms with Crippen LogP contribution in [-0.2, 0) is 0 Å². The van der Waals surface area contributed by atoms with Crippen LogP contribution in [0.1, 0.15) is 33.1 Å². The van der Waals surface area contributed by atoms with Crippen LogP contribution in [0.15, 0.2) is 0 Å². The fourth-order valence-corrected chi connectivity index (χ4v) is 2.71. The van der Waals surface area contributed by atoms with Gasteiger partial charge in [0.2, 0.25) is 0 Å². The predicted molar refractivity (Wildman–Crippen MR) is 58.0 cm³/mol. The van der Waals surface area contributed by atoms with Gasteiger partial charge in [-0.05, 0) is 44.3 Å². The molecule has 1 fully saturated rings. The molecule has 1 saturated carbocycles. The summed E-state index contributed by atoms with van der Waals surface area (Å²) in [7, 11) is 3.20. The van der Waals surface area contributed by atoms with Crippen molar-refractivity contribution in [1.29, 1.82) is 0 Å². The highest BCUT2D eigenvalue weighted by atomic mass is 31.1. The Balaban J connectivity index is 2.15. The molecule has 0 amide bonds. The van der Waals surface area contributed by atoms with Gasteiger partial charge in [-0.1, -0.05) is 22.6 Å². The summed E-state index contributed by atoms with van der Waals surface area (Å²) in [6.45, 7) is 8.36. The van der Waals surface area contributed by atoms with E-state index < -0.39 is 0 Å². The van der Waals surface area contributed by atoms with Gasteiger partial charge in [0, 0.05) is 6.54 Å². The Labute approximate surface area is 78.7 Å². The molecule has 1 aliphatic rings. The van der Waals surface area contributed by atoms with Crippen LogP contribution in [0.3, 0.4) is 0 Å². The van der Waals surface area contributed by atoms with Gasteiger partial charge in [-0.15, -0.1) is 0 Å². The van der Waals surface area contributed by atoms with Gasteiger partial charge in [0.25, 0.3) is 0 Å². The lowest BCUT2D eigenvalue weighted by Crippen LogP contribution is -2.35. The molecule has 1 unspecified atom stereocenters. The molecule has 0 aliphatic heterocycles. The largest absolute Gasteiger partial charge is 0.288 e. The summed E-state index contributed by atoms with van der Waals surface area (Å²) in [6, 6.07) is 0. The topological polar surface area (TPSA) is 3.24 Å². The molecule has 1 atom stereocenters. The lowest BCUT2D eigenvalue weighted by molar-refractivity contribution is 0.0734. The van der Waals surface area contributed by atoms with Crippen molar-refractivity contribution in [2.24, 2.45) is 11.3 Å². The van der Waals surface area contributed by atoms with Crippen molar-refractivity contribution in [2.75, 3.05) is 20.3 Å². The van der Waals surface area contributed by atoms with Crippen LogP contribution < -0.4 is 0 Å². The lowest BCUT2D eigenvalue weighted by Gasteiger charge is -2.44. The van der Waals surface area contributed by atoms with Gasteiger partial charge in [0.15, 0.2) is 0 Å². The maximum atomic E-state index is 2.44. The second kappa shape index (κ2) is 4.07. The molecular weight excluding hydrogens is 165 g/mol. The summed E-state index contributed by atoms with van der Waals surface area (Å²) in [6.07, 6.45) is 4.30. The van der Waals surface area contributed by atoms with Gasteiger partial charge < -0.3 is 0 Å². The zero-order chi connectivity index (χ0) is 9.19. The first-order valence-electron chi connectivity index (χ1n) is 4.94. The Kier molecular flexibility index (Phi) is 3.55. The molecule has 1 nitrogen and oxygen atoms in total. The lowest BCUT2D eigenvalue weighted by atomic mass is 9.62. The molecule has 0 heterocycles. The molecule has 0 aromatic carbocycles. The Hall–Kier alpha value is 0.390. The SMILES string of the molecule is CPN(C)CCC1(C)CC(C)C1. The standard InChI is InChI=1S/C10H22NP/c1-9-7-10(2,8-9)5-6-11(3)12-4/h9,12H,5-8H2,1-4H3. The summed E-state index contributed by atoms with van der Waals surface area (Å²) in [4.78, 5) is 0. The van der Waals surface area contributed by atoms with Crippen LogP contribution in [0.2, 0.25) is 0 Å². The molecule has 0 N–H and O–H groups in total. The Bertz CT molecular complexity index is 141. The van der Waals surface area contributed by atoms with Gasteiger partial charge in [-0.3, -0.25) is 4.67 Å². The molecule has 1 rings (SSSR count). The highest BCUT2D eigenvalue weighted by Gasteiger charge is 2.36. The normalized spacial score (nSPS) is 36.2. The minimum Gasteiger partial charge on any atom is -0.288 e. The van der Waals surface area contributed by atoms with Crippen molar-refractivity contribution >= 4 is 8.73 Å². The van der Waals surface area contributed by atoms with E-state index in [-0.39, 0.29) is 0 Å². The number of nitrogens with zero attached hydrogens (tertiary/aromatic N) is 1. The molecule has 0 radical (unpaired) electrons. The molecular formula is C10H22NP. The van der Waals surface area contributed by atoms with E-state index in [0.29, 0.717) is 5.41 Å². The van der Waals surface area contributed by atoms with Crippen LogP contribution in [0, 0.1) is 11.3 Å². The van der Waals surface area contributed by atoms with Crippen molar-refractivity contribution < 1.29 is 0 Å². The molecule has 0 bridgehead atoms. The average molecular weight is 187 g/mol. The van der Waals surface area contributed by atoms with Gasteiger partial charge in [-0.2, -0.15) is 0 Å². The van der Waals surface area contributed by atoms with Gasteiger partial charge in [-0.25, -0.2) is 0 Å². The first kappa shape index (κ1) is 10.5. The van der Waals surface area contributed by atoms with E-state index in [1.54, 1.807) is 0 Å². The number of hydrogen-bond acceptors (Lipinski definition) is 1. The fraction of sp³-hybridized carbons (Fsp3) is 1.00. The molecule has 1 aliphatic carbocycles. The molecule has 12 heavy (non-hydrogen) atoms. The molecule has 0 aromatic rings. The average Bonchev–Trinajstić information content (AvgIpc) is 1.98. The van der Waals surface area contributed by atoms with Gasteiger partial charge in [0.05, 0.1) is 0 Å². The summed E-state index contributed by atoms with van der Waals surface area (Å²) in [5.74, 6) is 0.990. The molecule has 0 aromatic heterocycles. The monoisotopic (exact) mass is 187 g/mol. The second-order valence-electron chi connectivity index (χ2n) is 4.72. The molecule has 2 heteroatoms. The van der Waals surface area contributed by atoms with Crippen LogP contribution in [-0.4, -0.2) is 24.9 Å². The first-order valence-corrected chi connectivity index (χ1v) is 6.39. The number of rotatable bonds is 4. The third-order valence-corrected chi connectivity index (χ3v) is 4.10. The van der Waals surface area contributed by atoms with Gasteiger partial charge >= 0.3 is 0 Å². The quantitative estimate of drug-likeness (QED) is 0.612. The zero-order valence-electron chi connectivity index (χ0n) is 8.85. The van der Waals surface area contributed by atoms with Crippen LogP contribution >= 0.6 is 8.73 Å². The minimum atomic E-state index is 0.688. The fourth-order valence-electron chi connectivity index (χ4n) is 2.38. The molecule has 0 saturated heterocycles. The molecule has 72 valence electrons. The highest BCUT2D eigenvalue weighted by molar-refractivity contribution is 7.34. The maximum absolute atomic E-state index is 2.44. The second-order valence-corrected chi connectivity index (χ2v) is 5.93. The van der Waals surface area contributed by atoms with E-state index in [0.717, 1.165) is 14.6 Å². The Morgan fingerprint density at radius 3 is 2.50 bits per heavy atom. The van der Waals surface area contributed by atoms with Crippen molar-refractivity contribution in [3.63, 3.8) is 0 Å². The van der Waals surface area contributed by atoms with Crippen molar-refractivity contribution in [2.45, 2.75) is 33.1 Å². The maximum Gasteiger partial charge on any atom is 0.00206 e. The smallest absolute Gasteiger partial charge is 0.00206 e. The molecule has 0 spiro atoms. The highest BCUT2D eigenvalue weighted by Crippen LogP contribution is 2.47. The van der Waals surface area contributed by atoms with Crippen molar-refractivity contribution in [3.8, 4) is 0 Å². The number of hydrogen-bond donors (Lipinski definition) is 0. The van der Waals surface area contributed by atoms with Crippen LogP contribution in [0.25, 0.3) is 0 Å². The van der Waals surface area contributed by atoms with Gasteiger partial charge in [0.1, 0.15) is 0 Å². The summed E-state index contributed by atoms with van der Waals surface area (Å²) < 4.78 is 2.44. The van der Waals surface area contributed by atoms with E-state index in [1.807, 2.05) is 0 Å². The summed E-state index contributed by atoms with van der Waals surface area (Å²) >= 11 is 0. The first-order chi connectivity index (χ1) is 5.56. The van der Waals surface area contributed by atoms with E-state index in [4.69, 9.17) is 0 Å². The summed E-state index contributed by atoms with van der Waals surface area (Å²) in [5, 5.41) is 0. The van der Waals surface area contributed by atoms with E-state index in [2.05, 4.69) is 32.2 Å². The third kappa shape index (κ3) is 2.71. The zero-order valence-corrected chi connectivity index (χ0v) is 9.85. The minimum absolute atomic E-state index is 0.688. The third-order valence-electron chi connectivity index (χ3n) is 3.12. The van der Waals surface area contributed by atoms with Crippen LogP contribution in [0.4, 0.5) is 0 Å². The Morgan fingerprint density at radius 2 is 2.08 bits per heavy atom. The predicted octanol–water partition coefficient (Wildman–Crippen LogP) is 2.97. The van der Waals surface area contributed by atoms with E-state index in [1.165, 1.54) is 25.8 Å². The summed E-state index contributed by atoms with van der Waals surface area (Å²) in [5.41, 5.74) is 0.688. The van der Waals surface area contributed by atoms with E-state index in [9.17, 15) is 0 Å². The van der Waals surface area contributed by atoms with Crippen molar-refractivity contribution in [1.82, 2.24) is 4.67 Å². The van der Waals surface area contributed by atoms with E-state index >= 15 is 0 Å².